The van der Waals surface area contributed by atoms with Crippen LogP contribution in [-0.2, 0) is 0 Å². The van der Waals surface area contributed by atoms with E-state index in [1.54, 1.807) is 0 Å². The van der Waals surface area contributed by atoms with Crippen LogP contribution in [0.4, 0.5) is 0 Å². The number of nitriles is 1. The first-order chi connectivity index (χ1) is 7.06. The Bertz CT molecular complexity index is 440. The quantitative estimate of drug-likeness (QED) is 0.358. The summed E-state index contributed by atoms with van der Waals surface area (Å²) < 4.78 is 2.98. The Morgan fingerprint density at radius 2 is 2.07 bits per heavy atom. The summed E-state index contributed by atoms with van der Waals surface area (Å²) in [5, 5.41) is 10.9. The zero-order chi connectivity index (χ0) is 11.4. The third-order valence-corrected chi connectivity index (χ3v) is 5.23. The predicted molar refractivity (Wildman–Crippen MR) is 82.5 cm³/mol. The number of carbonyl (C=O) groups excluding carboxylic acids is 1. The van der Waals surface area contributed by atoms with Gasteiger partial charge in [0.2, 0.25) is 0 Å². The van der Waals surface area contributed by atoms with Gasteiger partial charge in [0.1, 0.15) is 6.54 Å². The number of amides is 1. The third kappa shape index (κ3) is 3.70. The Kier molecular flexibility index (Phi) is 5.54. The molecule has 0 bridgehead atoms. The van der Waals surface area contributed by atoms with Crippen molar-refractivity contribution in [1.29, 1.82) is 5.26 Å². The van der Waals surface area contributed by atoms with Gasteiger partial charge in [0.15, 0.2) is 0 Å². The number of nitrogens with one attached hydrogen (secondary N) is 1. The number of hydrogen-bond acceptors (Lipinski definition) is 2. The van der Waals surface area contributed by atoms with Crippen molar-refractivity contribution in [2.45, 2.75) is 0 Å². The molecule has 1 N–H and O–H groups in total. The van der Waals surface area contributed by atoms with Gasteiger partial charge < -0.3 is 5.32 Å². The third-order valence-electron chi connectivity index (χ3n) is 1.57. The van der Waals surface area contributed by atoms with Crippen molar-refractivity contribution in [2.24, 2.45) is 0 Å². The molecule has 0 spiro atoms. The average Bonchev–Trinajstić information content (AvgIpc) is 2.19. The molecule has 0 radical (unpaired) electrons. The first kappa shape index (κ1) is 13.4. The molecule has 1 aromatic carbocycles. The minimum absolute atomic E-state index is 0.0387. The van der Waals surface area contributed by atoms with Gasteiger partial charge in [-0.1, -0.05) is 0 Å². The van der Waals surface area contributed by atoms with Crippen LogP contribution in [0.2, 0.25) is 0 Å². The molecule has 1 amide bonds. The molecule has 0 atom stereocenters. The zero-order valence-corrected chi connectivity index (χ0v) is 13.8. The second-order valence-corrected chi connectivity index (χ2v) is 6.08. The van der Waals surface area contributed by atoms with Crippen LogP contribution in [0.25, 0.3) is 0 Å². The summed E-state index contributed by atoms with van der Waals surface area (Å²) in [5.74, 6) is -0.197. The summed E-state index contributed by atoms with van der Waals surface area (Å²) in [6.07, 6.45) is 0. The predicted octanol–water partition coefficient (Wildman–Crippen LogP) is 2.75. The Morgan fingerprint density at radius 3 is 2.67 bits per heavy atom. The zero-order valence-electron chi connectivity index (χ0n) is 7.35. The summed E-state index contributed by atoms with van der Waals surface area (Å²) in [4.78, 5) is 11.7. The monoisotopic (exact) mass is 538 g/mol. The minimum Gasteiger partial charge on any atom is -0.339 e. The number of hydrogen-bond donors (Lipinski definition) is 1. The maximum Gasteiger partial charge on any atom is 0.253 e. The lowest BCUT2D eigenvalue weighted by atomic mass is 10.2. The van der Waals surface area contributed by atoms with E-state index < -0.39 is 0 Å². The second kappa shape index (κ2) is 6.19. The van der Waals surface area contributed by atoms with E-state index in [-0.39, 0.29) is 12.5 Å². The van der Waals surface area contributed by atoms with Crippen LogP contribution in [-0.4, -0.2) is 12.5 Å². The molecule has 1 aromatic rings. The highest BCUT2D eigenvalue weighted by molar-refractivity contribution is 14.1. The standard InChI is InChI=1S/C9H5I3N2O/c10-5-3-6(8(12)7(11)4-5)9(15)14-2-1-13/h3-4H,2H2,(H,14,15). The molecule has 0 aliphatic carbocycles. The molecule has 0 aliphatic rings. The minimum atomic E-state index is -0.197. The fourth-order valence-corrected chi connectivity index (χ4v) is 3.34. The van der Waals surface area contributed by atoms with Gasteiger partial charge >= 0.3 is 0 Å². The van der Waals surface area contributed by atoms with Crippen molar-refractivity contribution in [3.8, 4) is 6.07 Å². The molecule has 0 unspecified atom stereocenters. The van der Waals surface area contributed by atoms with E-state index in [0.29, 0.717) is 5.56 Å². The molecule has 0 fully saturated rings. The van der Waals surface area contributed by atoms with Crippen LogP contribution >= 0.6 is 67.8 Å². The molecule has 0 saturated heterocycles. The van der Waals surface area contributed by atoms with Gasteiger partial charge in [-0.3, -0.25) is 4.79 Å². The highest BCUT2D eigenvalue weighted by Crippen LogP contribution is 2.22. The molecule has 1 rings (SSSR count). The SMILES string of the molecule is N#CCNC(=O)c1cc(I)cc(I)c1I. The van der Waals surface area contributed by atoms with E-state index in [2.05, 4.69) is 73.1 Å². The molecule has 6 heteroatoms. The fraction of sp³-hybridized carbons (Fsp3) is 0.111. The van der Waals surface area contributed by atoms with E-state index in [9.17, 15) is 4.79 Å². The van der Waals surface area contributed by atoms with Gasteiger partial charge in [-0.15, -0.1) is 0 Å². The Hall–Kier alpha value is 0.370. The summed E-state index contributed by atoms with van der Waals surface area (Å²) in [6.45, 7) is 0.0387. The van der Waals surface area contributed by atoms with Crippen molar-refractivity contribution < 1.29 is 4.79 Å². The second-order valence-electron chi connectivity index (χ2n) is 2.59. The van der Waals surface area contributed by atoms with Crippen LogP contribution in [0.5, 0.6) is 0 Å². The summed E-state index contributed by atoms with van der Waals surface area (Å²) in [6, 6.07) is 5.70. The number of nitrogens with zero attached hydrogens (tertiary/aromatic N) is 1. The fourth-order valence-electron chi connectivity index (χ4n) is 0.936. The molecular formula is C9H5I3N2O. The van der Waals surface area contributed by atoms with Gasteiger partial charge in [-0.25, -0.2) is 0 Å². The topological polar surface area (TPSA) is 52.9 Å². The molecule has 0 aliphatic heterocycles. The van der Waals surface area contributed by atoms with Crippen LogP contribution in [0.3, 0.4) is 0 Å². The lowest BCUT2D eigenvalue weighted by Gasteiger charge is -2.06. The van der Waals surface area contributed by atoms with Crippen molar-refractivity contribution in [3.05, 3.63) is 28.4 Å². The van der Waals surface area contributed by atoms with Gasteiger partial charge in [-0.05, 0) is 79.9 Å². The van der Waals surface area contributed by atoms with Gasteiger partial charge in [0, 0.05) is 10.7 Å². The smallest absolute Gasteiger partial charge is 0.253 e. The van der Waals surface area contributed by atoms with E-state index in [1.165, 1.54) is 0 Å². The normalized spacial score (nSPS) is 9.47. The lowest BCUT2D eigenvalue weighted by Crippen LogP contribution is -2.24. The van der Waals surface area contributed by atoms with Crippen molar-refractivity contribution in [2.75, 3.05) is 6.54 Å². The molecular weight excluding hydrogens is 533 g/mol. The van der Waals surface area contributed by atoms with Crippen LogP contribution in [0, 0.1) is 22.0 Å². The van der Waals surface area contributed by atoms with Crippen LogP contribution in [0.15, 0.2) is 12.1 Å². The first-order valence-electron chi connectivity index (χ1n) is 3.86. The summed E-state index contributed by atoms with van der Waals surface area (Å²) >= 11 is 6.49. The van der Waals surface area contributed by atoms with Crippen molar-refractivity contribution >= 4 is 73.7 Å². The van der Waals surface area contributed by atoms with Crippen LogP contribution < -0.4 is 5.32 Å². The van der Waals surface area contributed by atoms with Gasteiger partial charge in [-0.2, -0.15) is 5.26 Å². The lowest BCUT2D eigenvalue weighted by molar-refractivity contribution is 0.0957. The number of benzene rings is 1. The maximum absolute atomic E-state index is 11.7. The molecule has 3 nitrogen and oxygen atoms in total. The Labute approximate surface area is 128 Å². The van der Waals surface area contributed by atoms with Crippen molar-refractivity contribution in [3.63, 3.8) is 0 Å². The number of rotatable bonds is 2. The Balaban J connectivity index is 3.04. The summed E-state index contributed by atoms with van der Waals surface area (Å²) in [7, 11) is 0. The highest BCUT2D eigenvalue weighted by Gasteiger charge is 2.12. The van der Waals surface area contributed by atoms with Crippen LogP contribution in [0.1, 0.15) is 10.4 Å². The molecule has 0 aromatic heterocycles. The van der Waals surface area contributed by atoms with Crippen molar-refractivity contribution in [1.82, 2.24) is 5.32 Å². The Morgan fingerprint density at radius 1 is 1.40 bits per heavy atom. The van der Waals surface area contributed by atoms with E-state index in [4.69, 9.17) is 5.26 Å². The largest absolute Gasteiger partial charge is 0.339 e. The van der Waals surface area contributed by atoms with Gasteiger partial charge in [0.05, 0.1) is 11.6 Å². The van der Waals surface area contributed by atoms with Gasteiger partial charge in [0.25, 0.3) is 5.91 Å². The highest BCUT2D eigenvalue weighted by atomic mass is 127. The summed E-state index contributed by atoms with van der Waals surface area (Å²) in [5.41, 5.74) is 0.627. The number of carbonyl (C=O) groups is 1. The maximum atomic E-state index is 11.7. The van der Waals surface area contributed by atoms with E-state index in [1.807, 2.05) is 18.2 Å². The van der Waals surface area contributed by atoms with E-state index in [0.717, 1.165) is 10.7 Å². The molecule has 0 heterocycles. The average molecular weight is 538 g/mol. The molecule has 78 valence electrons. The number of halogens is 3. The molecule has 0 saturated carbocycles. The van der Waals surface area contributed by atoms with E-state index >= 15 is 0 Å². The molecule has 15 heavy (non-hydrogen) atoms. The first-order valence-corrected chi connectivity index (χ1v) is 7.09.